The van der Waals surface area contributed by atoms with Gasteiger partial charge in [-0.05, 0) is 37.1 Å². The van der Waals surface area contributed by atoms with Crippen LogP contribution in [-0.4, -0.2) is 38.7 Å². The van der Waals surface area contributed by atoms with Crippen LogP contribution in [0.15, 0.2) is 49.1 Å². The fourth-order valence-corrected chi connectivity index (χ4v) is 3.71. The maximum atomic E-state index is 13.1. The number of nitrogens with one attached hydrogen (secondary N) is 1. The van der Waals surface area contributed by atoms with Crippen molar-refractivity contribution in [2.75, 3.05) is 23.3 Å². The van der Waals surface area contributed by atoms with Gasteiger partial charge in [0.15, 0.2) is 5.82 Å². The first-order valence-corrected chi connectivity index (χ1v) is 10.2. The van der Waals surface area contributed by atoms with Crippen molar-refractivity contribution in [3.8, 4) is 5.82 Å². The van der Waals surface area contributed by atoms with Crippen LogP contribution < -0.4 is 10.2 Å². The van der Waals surface area contributed by atoms with Crippen molar-refractivity contribution >= 4 is 17.4 Å². The molecule has 2 aromatic heterocycles. The van der Waals surface area contributed by atoms with E-state index < -0.39 is 41.0 Å². The lowest BCUT2D eigenvalue weighted by atomic mass is 9.96. The minimum absolute atomic E-state index is 0.0182. The number of rotatable bonds is 4. The summed E-state index contributed by atoms with van der Waals surface area (Å²) < 4.78 is 80.1. The Morgan fingerprint density at radius 3 is 2.26 bits per heavy atom. The van der Waals surface area contributed by atoms with Crippen LogP contribution in [0.3, 0.4) is 0 Å². The molecule has 1 aliphatic heterocycles. The largest absolute Gasteiger partial charge is 0.416 e. The first-order chi connectivity index (χ1) is 16.0. The Labute approximate surface area is 189 Å². The van der Waals surface area contributed by atoms with Gasteiger partial charge in [-0.3, -0.25) is 4.79 Å². The zero-order valence-corrected chi connectivity index (χ0v) is 17.4. The smallest absolute Gasteiger partial charge is 0.356 e. The lowest BCUT2D eigenvalue weighted by Gasteiger charge is -2.33. The number of aromatic nitrogens is 4. The second-order valence-corrected chi connectivity index (χ2v) is 7.75. The van der Waals surface area contributed by atoms with Crippen LogP contribution in [0.5, 0.6) is 0 Å². The maximum absolute atomic E-state index is 13.1. The van der Waals surface area contributed by atoms with Gasteiger partial charge in [-0.2, -0.15) is 31.4 Å². The number of alkyl halides is 6. The number of carbonyl (C=O) groups is 1. The third-order valence-electron chi connectivity index (χ3n) is 5.35. The highest BCUT2D eigenvalue weighted by atomic mass is 19.4. The zero-order valence-electron chi connectivity index (χ0n) is 17.4. The van der Waals surface area contributed by atoms with Crippen molar-refractivity contribution in [3.63, 3.8) is 0 Å². The highest BCUT2D eigenvalue weighted by Crippen LogP contribution is 2.37. The maximum Gasteiger partial charge on any atom is 0.416 e. The number of hydrogen-bond donors (Lipinski definition) is 1. The van der Waals surface area contributed by atoms with Crippen molar-refractivity contribution < 1.29 is 31.1 Å². The molecule has 1 atom stereocenters. The second-order valence-electron chi connectivity index (χ2n) is 7.75. The molecule has 0 saturated carbocycles. The zero-order chi connectivity index (χ0) is 24.5. The Morgan fingerprint density at radius 1 is 0.971 bits per heavy atom. The van der Waals surface area contributed by atoms with Crippen LogP contribution in [0, 0.1) is 5.92 Å². The SMILES string of the molecule is O=C(Nc1cc(C(F)(F)F)cc(C(F)(F)F)c1)C1CCCN(c2cc(-n3cccn3)ncn2)C1. The average molecular weight is 484 g/mol. The molecule has 1 fully saturated rings. The Hall–Kier alpha value is -3.64. The Kier molecular flexibility index (Phi) is 6.19. The number of carbonyl (C=O) groups excluding carboxylic acids is 1. The highest BCUT2D eigenvalue weighted by molar-refractivity contribution is 5.93. The van der Waals surface area contributed by atoms with Crippen LogP contribution in [-0.2, 0) is 17.1 Å². The van der Waals surface area contributed by atoms with Crippen molar-refractivity contribution in [2.24, 2.45) is 5.92 Å². The molecule has 0 radical (unpaired) electrons. The Balaban J connectivity index is 1.52. The molecule has 4 rings (SSSR count). The summed E-state index contributed by atoms with van der Waals surface area (Å²) in [6, 6.07) is 4.41. The van der Waals surface area contributed by atoms with Crippen molar-refractivity contribution in [3.05, 3.63) is 60.2 Å². The molecule has 180 valence electrons. The monoisotopic (exact) mass is 484 g/mol. The number of anilines is 2. The number of piperidine rings is 1. The van der Waals surface area contributed by atoms with Gasteiger partial charge >= 0.3 is 12.4 Å². The van der Waals surface area contributed by atoms with Gasteiger partial charge < -0.3 is 10.2 Å². The molecule has 0 spiro atoms. The van der Waals surface area contributed by atoms with Gasteiger partial charge in [0.2, 0.25) is 5.91 Å². The van der Waals surface area contributed by atoms with Gasteiger partial charge in [-0.15, -0.1) is 0 Å². The van der Waals surface area contributed by atoms with E-state index >= 15 is 0 Å². The number of benzene rings is 1. The van der Waals surface area contributed by atoms with Crippen LogP contribution >= 0.6 is 0 Å². The van der Waals surface area contributed by atoms with Crippen molar-refractivity contribution in [1.82, 2.24) is 19.7 Å². The van der Waals surface area contributed by atoms with Crippen LogP contribution in [0.1, 0.15) is 24.0 Å². The van der Waals surface area contributed by atoms with Crippen molar-refractivity contribution in [1.29, 1.82) is 0 Å². The molecule has 1 N–H and O–H groups in total. The van der Waals surface area contributed by atoms with E-state index in [1.54, 1.807) is 24.5 Å². The van der Waals surface area contributed by atoms with Gasteiger partial charge in [0.05, 0.1) is 17.0 Å². The lowest BCUT2D eigenvalue weighted by molar-refractivity contribution is -0.143. The minimum Gasteiger partial charge on any atom is -0.356 e. The number of amides is 1. The first-order valence-electron chi connectivity index (χ1n) is 10.2. The first kappa shape index (κ1) is 23.5. The summed E-state index contributed by atoms with van der Waals surface area (Å²) in [6.45, 7) is 0.758. The summed E-state index contributed by atoms with van der Waals surface area (Å²) in [4.78, 5) is 23.0. The summed E-state index contributed by atoms with van der Waals surface area (Å²) in [5, 5.41) is 6.32. The average Bonchev–Trinajstić information content (AvgIpc) is 3.33. The molecule has 3 heterocycles. The summed E-state index contributed by atoms with van der Waals surface area (Å²) in [5.74, 6) is -0.305. The van der Waals surface area contributed by atoms with E-state index in [-0.39, 0.29) is 12.6 Å². The Morgan fingerprint density at radius 2 is 1.65 bits per heavy atom. The van der Waals surface area contributed by atoms with Gasteiger partial charge in [-0.1, -0.05) is 0 Å². The van der Waals surface area contributed by atoms with Gasteiger partial charge in [0, 0.05) is 37.2 Å². The molecular weight excluding hydrogens is 466 g/mol. The summed E-state index contributed by atoms with van der Waals surface area (Å²) in [5.41, 5.74) is -3.54. The minimum atomic E-state index is -5.00. The van der Waals surface area contributed by atoms with Gasteiger partial charge in [0.1, 0.15) is 12.1 Å². The summed E-state index contributed by atoms with van der Waals surface area (Å²) in [6.07, 6.45) is -4.37. The van der Waals surface area contributed by atoms with E-state index in [2.05, 4.69) is 20.4 Å². The van der Waals surface area contributed by atoms with E-state index in [1.165, 1.54) is 11.0 Å². The van der Waals surface area contributed by atoms with Gasteiger partial charge in [-0.25, -0.2) is 14.6 Å². The van der Waals surface area contributed by atoms with E-state index in [0.29, 0.717) is 43.2 Å². The van der Waals surface area contributed by atoms with E-state index in [4.69, 9.17) is 0 Å². The second kappa shape index (κ2) is 8.95. The van der Waals surface area contributed by atoms with Crippen LogP contribution in [0.2, 0.25) is 0 Å². The van der Waals surface area contributed by atoms with Crippen LogP contribution in [0.4, 0.5) is 37.8 Å². The van der Waals surface area contributed by atoms with Crippen LogP contribution in [0.25, 0.3) is 5.82 Å². The molecular formula is C21H18F6N6O. The molecule has 1 saturated heterocycles. The lowest BCUT2D eigenvalue weighted by Crippen LogP contribution is -2.41. The topological polar surface area (TPSA) is 75.9 Å². The fourth-order valence-electron chi connectivity index (χ4n) is 3.71. The number of hydrogen-bond acceptors (Lipinski definition) is 5. The quantitative estimate of drug-likeness (QED) is 0.550. The highest BCUT2D eigenvalue weighted by Gasteiger charge is 2.37. The van der Waals surface area contributed by atoms with E-state index in [9.17, 15) is 31.1 Å². The molecule has 0 bridgehead atoms. The van der Waals surface area contributed by atoms with E-state index in [0.717, 1.165) is 0 Å². The van der Waals surface area contributed by atoms with Crippen molar-refractivity contribution in [2.45, 2.75) is 25.2 Å². The summed E-state index contributed by atoms with van der Waals surface area (Å²) in [7, 11) is 0. The molecule has 34 heavy (non-hydrogen) atoms. The molecule has 3 aromatic rings. The number of halogens is 6. The Bertz CT molecular complexity index is 1130. The molecule has 0 aliphatic carbocycles. The fraction of sp³-hybridized carbons (Fsp3) is 0.333. The predicted octanol–water partition coefficient (Wildman–Crippen LogP) is 4.56. The predicted molar refractivity (Wildman–Crippen MR) is 109 cm³/mol. The third-order valence-corrected chi connectivity index (χ3v) is 5.35. The normalized spacial score (nSPS) is 17.0. The molecule has 1 aliphatic rings. The molecule has 1 amide bonds. The molecule has 1 unspecified atom stereocenters. The van der Waals surface area contributed by atoms with Gasteiger partial charge in [0.25, 0.3) is 0 Å². The van der Waals surface area contributed by atoms with E-state index in [1.807, 2.05) is 4.90 Å². The molecule has 13 heteroatoms. The molecule has 7 nitrogen and oxygen atoms in total. The molecule has 1 aromatic carbocycles. The third kappa shape index (κ3) is 5.29. The number of nitrogens with zero attached hydrogens (tertiary/aromatic N) is 5. The standard InChI is InChI=1S/C21H18F6N6O/c22-20(23,24)14-7-15(21(25,26)27)9-16(8-14)31-19(34)13-3-1-5-32(11-13)17-10-18(29-12-28-17)33-6-2-4-30-33/h2,4,6-10,12-13H,1,3,5,11H2,(H,31,34). The summed E-state index contributed by atoms with van der Waals surface area (Å²) >= 11 is 0.